The Hall–Kier alpha value is -0.310. The van der Waals surface area contributed by atoms with Crippen molar-refractivity contribution in [3.05, 3.63) is 0 Å². The van der Waals surface area contributed by atoms with Gasteiger partial charge in [-0.25, -0.2) is 9.06 Å². The molecule has 1 heterocycles. The molecule has 0 aliphatic carbocycles. The van der Waals surface area contributed by atoms with Gasteiger partial charge in [-0.15, -0.1) is 0 Å². The Bertz CT molecular complexity index is 317. The van der Waals surface area contributed by atoms with Crippen molar-refractivity contribution in [3.63, 3.8) is 0 Å². The fraction of sp³-hybridized carbons (Fsp3) is 0.923. The molecule has 5 nitrogen and oxygen atoms in total. The van der Waals surface area contributed by atoms with Crippen LogP contribution in [0.25, 0.3) is 0 Å². The number of nitrogens with zero attached hydrogens (tertiary/aromatic N) is 2. The monoisotopic (exact) mass is 306 g/mol. The molecular formula is C13H24FN2O3P. The van der Waals surface area contributed by atoms with Crippen molar-refractivity contribution in [1.82, 2.24) is 4.67 Å². The van der Waals surface area contributed by atoms with Gasteiger partial charge in [0.1, 0.15) is 6.10 Å². The van der Waals surface area contributed by atoms with Crippen molar-refractivity contribution in [2.45, 2.75) is 58.5 Å². The van der Waals surface area contributed by atoms with Crippen molar-refractivity contribution < 1.29 is 18.2 Å². The Balaban J connectivity index is 2.69. The number of alkyl halides is 1. The van der Waals surface area contributed by atoms with Crippen LogP contribution in [0.4, 0.5) is 4.39 Å². The predicted molar refractivity (Wildman–Crippen MR) is 75.8 cm³/mol. The van der Waals surface area contributed by atoms with Gasteiger partial charge in [-0.2, -0.15) is 5.26 Å². The van der Waals surface area contributed by atoms with E-state index in [1.165, 1.54) is 0 Å². The van der Waals surface area contributed by atoms with Gasteiger partial charge in [0.15, 0.2) is 6.17 Å². The van der Waals surface area contributed by atoms with E-state index in [-0.39, 0.29) is 25.3 Å². The predicted octanol–water partition coefficient (Wildman–Crippen LogP) is 3.02. The Labute approximate surface area is 122 Å². The van der Waals surface area contributed by atoms with E-state index in [9.17, 15) is 4.39 Å². The minimum Gasteiger partial charge on any atom is -0.375 e. The molecule has 3 atom stereocenters. The Morgan fingerprint density at radius 3 is 2.45 bits per heavy atom. The lowest BCUT2D eigenvalue weighted by Gasteiger charge is -2.36. The molecule has 116 valence electrons. The molecule has 20 heavy (non-hydrogen) atoms. The van der Waals surface area contributed by atoms with Crippen molar-refractivity contribution in [1.29, 1.82) is 5.26 Å². The molecular weight excluding hydrogens is 282 g/mol. The highest BCUT2D eigenvalue weighted by Crippen LogP contribution is 2.48. The first-order valence-corrected chi connectivity index (χ1v) is 8.07. The van der Waals surface area contributed by atoms with E-state index in [0.29, 0.717) is 13.0 Å². The molecule has 1 rings (SSSR count). The highest BCUT2D eigenvalue weighted by atomic mass is 31.2. The third-order valence-electron chi connectivity index (χ3n) is 2.85. The van der Waals surface area contributed by atoms with Gasteiger partial charge in [0.05, 0.1) is 32.3 Å². The highest BCUT2D eigenvalue weighted by Gasteiger charge is 2.36. The number of rotatable bonds is 8. The van der Waals surface area contributed by atoms with Crippen LogP contribution in [0.2, 0.25) is 0 Å². The molecule has 0 saturated carbocycles. The quantitative estimate of drug-likeness (QED) is 0.509. The Morgan fingerprint density at radius 1 is 1.35 bits per heavy atom. The van der Waals surface area contributed by atoms with Gasteiger partial charge in [-0.05, 0) is 27.7 Å². The van der Waals surface area contributed by atoms with Crippen LogP contribution in [0.15, 0.2) is 0 Å². The molecule has 0 aromatic carbocycles. The molecule has 7 heteroatoms. The van der Waals surface area contributed by atoms with E-state index in [0.717, 1.165) is 0 Å². The zero-order chi connectivity index (χ0) is 15.1. The van der Waals surface area contributed by atoms with Crippen LogP contribution in [0.1, 0.15) is 34.1 Å². The molecule has 0 spiro atoms. The van der Waals surface area contributed by atoms with Crippen LogP contribution in [0, 0.1) is 11.3 Å². The number of nitriles is 1. The van der Waals surface area contributed by atoms with Gasteiger partial charge in [-0.3, -0.25) is 0 Å². The second-order valence-electron chi connectivity index (χ2n) is 5.24. The first kappa shape index (κ1) is 17.7. The maximum atomic E-state index is 13.6. The fourth-order valence-corrected chi connectivity index (χ4v) is 3.74. The Morgan fingerprint density at radius 2 is 2.00 bits per heavy atom. The maximum absolute atomic E-state index is 13.6. The van der Waals surface area contributed by atoms with E-state index in [2.05, 4.69) is 4.67 Å². The number of ether oxygens (including phenoxy) is 1. The molecule has 0 amide bonds. The lowest BCUT2D eigenvalue weighted by Crippen LogP contribution is -2.35. The summed E-state index contributed by atoms with van der Waals surface area (Å²) in [5, 5.41) is 8.61. The van der Waals surface area contributed by atoms with Crippen molar-refractivity contribution >= 4 is 8.53 Å². The fourth-order valence-electron chi connectivity index (χ4n) is 2.02. The third kappa shape index (κ3) is 5.23. The van der Waals surface area contributed by atoms with E-state index in [1.54, 1.807) is 0 Å². The summed E-state index contributed by atoms with van der Waals surface area (Å²) in [6.07, 6.45) is -1.39. The SMILES string of the molecule is CC(C)N(C(C)C)P(OCCC#N)OC1COCC1F. The Kier molecular flexibility index (Phi) is 7.86. The molecule has 0 bridgehead atoms. The molecule has 0 aromatic rings. The van der Waals surface area contributed by atoms with E-state index in [1.807, 2.05) is 33.8 Å². The third-order valence-corrected chi connectivity index (χ3v) is 5.01. The highest BCUT2D eigenvalue weighted by molar-refractivity contribution is 7.44. The van der Waals surface area contributed by atoms with Crippen LogP contribution in [-0.2, 0) is 13.8 Å². The smallest absolute Gasteiger partial charge is 0.259 e. The molecule has 0 aromatic heterocycles. The second-order valence-corrected chi connectivity index (χ2v) is 6.65. The number of hydrogen-bond donors (Lipinski definition) is 0. The standard InChI is InChI=1S/C13H24FN2O3P/c1-10(2)16(11(3)4)20(18-7-5-6-15)19-13-9-17-8-12(13)14/h10-13H,5,7-9H2,1-4H3. The average Bonchev–Trinajstić information content (AvgIpc) is 2.74. The summed E-state index contributed by atoms with van der Waals surface area (Å²) in [5.74, 6) is 0. The van der Waals surface area contributed by atoms with Crippen LogP contribution in [0.5, 0.6) is 0 Å². The summed E-state index contributed by atoms with van der Waals surface area (Å²) < 4.78 is 32.3. The van der Waals surface area contributed by atoms with Gasteiger partial charge in [-0.1, -0.05) is 0 Å². The lowest BCUT2D eigenvalue weighted by molar-refractivity contribution is 0.0931. The molecule has 3 unspecified atom stereocenters. The topological polar surface area (TPSA) is 54.7 Å². The second kappa shape index (κ2) is 8.86. The first-order chi connectivity index (χ1) is 9.47. The zero-order valence-electron chi connectivity index (χ0n) is 12.6. The minimum absolute atomic E-state index is 0.0788. The van der Waals surface area contributed by atoms with Gasteiger partial charge < -0.3 is 13.8 Å². The number of hydrogen-bond acceptors (Lipinski definition) is 5. The van der Waals surface area contributed by atoms with Gasteiger partial charge in [0, 0.05) is 12.1 Å². The first-order valence-electron chi connectivity index (χ1n) is 6.94. The summed E-state index contributed by atoms with van der Waals surface area (Å²) in [7, 11) is -1.39. The van der Waals surface area contributed by atoms with Crippen molar-refractivity contribution in [3.8, 4) is 6.07 Å². The molecule has 1 fully saturated rings. The van der Waals surface area contributed by atoms with Crippen LogP contribution in [-0.4, -0.2) is 48.9 Å². The van der Waals surface area contributed by atoms with Crippen LogP contribution < -0.4 is 0 Å². The van der Waals surface area contributed by atoms with Gasteiger partial charge in [0.2, 0.25) is 0 Å². The molecule has 0 N–H and O–H groups in total. The zero-order valence-corrected chi connectivity index (χ0v) is 13.5. The molecule has 1 saturated heterocycles. The number of halogens is 1. The summed E-state index contributed by atoms with van der Waals surface area (Å²) in [6, 6.07) is 2.46. The van der Waals surface area contributed by atoms with E-state index < -0.39 is 20.8 Å². The van der Waals surface area contributed by atoms with Crippen molar-refractivity contribution in [2.75, 3.05) is 19.8 Å². The summed E-state index contributed by atoms with van der Waals surface area (Å²) in [5.41, 5.74) is 0. The largest absolute Gasteiger partial charge is 0.375 e. The van der Waals surface area contributed by atoms with E-state index >= 15 is 0 Å². The van der Waals surface area contributed by atoms with Gasteiger partial charge in [0.25, 0.3) is 8.53 Å². The van der Waals surface area contributed by atoms with Crippen LogP contribution >= 0.6 is 8.53 Å². The lowest BCUT2D eigenvalue weighted by atomic mass is 10.3. The summed E-state index contributed by atoms with van der Waals surface area (Å²) in [6.45, 7) is 8.81. The van der Waals surface area contributed by atoms with Gasteiger partial charge >= 0.3 is 0 Å². The molecule has 1 aliphatic rings. The summed E-state index contributed by atoms with van der Waals surface area (Å²) >= 11 is 0. The molecule has 0 radical (unpaired) electrons. The minimum atomic E-state index is -1.39. The van der Waals surface area contributed by atoms with E-state index in [4.69, 9.17) is 19.0 Å². The normalized spacial score (nSPS) is 24.6. The average molecular weight is 306 g/mol. The summed E-state index contributed by atoms with van der Waals surface area (Å²) in [4.78, 5) is 0. The van der Waals surface area contributed by atoms with Crippen LogP contribution in [0.3, 0.4) is 0 Å². The molecule has 1 aliphatic heterocycles. The van der Waals surface area contributed by atoms with Crippen molar-refractivity contribution in [2.24, 2.45) is 0 Å². The maximum Gasteiger partial charge on any atom is 0.259 e.